The van der Waals surface area contributed by atoms with E-state index in [9.17, 15) is 0 Å². The highest BCUT2D eigenvalue weighted by Gasteiger charge is 2.52. The molecule has 0 radical (unpaired) electrons. The first-order chi connectivity index (χ1) is 23.7. The maximum absolute atomic E-state index is 7.98. The van der Waals surface area contributed by atoms with Gasteiger partial charge in [-0.1, -0.05) is 136 Å². The zero-order chi connectivity index (χ0) is 34.3. The van der Waals surface area contributed by atoms with Crippen LogP contribution >= 0.6 is 18.6 Å². The second kappa shape index (κ2) is 16.9. The van der Waals surface area contributed by atoms with Crippen molar-refractivity contribution in [2.75, 3.05) is 6.16 Å². The standard InChI is InChI=1S/C44H47NOPSSi.HI/c1-35(33-37-34-48-36(2)45-37)43(46-49(44(3,4)5,41-27-17-9-18-28-41)42-29-19-10-20-30-42)31-32-47(38-21-11-6-12-22-38,39-23-13-7-14-24-39)40-25-15-8-16-26-40;/h6-30,33-34,43H,31-32H2,1-5H3;1H/q+1;/p-1. The normalized spacial score (nSPS) is 13.0. The molecule has 6 rings (SSSR count). The molecule has 0 spiro atoms. The van der Waals surface area contributed by atoms with E-state index in [-0.39, 0.29) is 35.1 Å². The zero-order valence-electron chi connectivity index (χ0n) is 29.7. The Morgan fingerprint density at radius 3 is 1.46 bits per heavy atom. The first-order valence-corrected chi connectivity index (χ1v) is 21.9. The van der Waals surface area contributed by atoms with Crippen LogP contribution in [0, 0.1) is 6.92 Å². The first kappa shape index (κ1) is 38.0. The second-order valence-corrected chi connectivity index (χ2v) is 22.7. The molecule has 0 saturated heterocycles. The fourth-order valence-electron chi connectivity index (χ4n) is 7.25. The highest BCUT2D eigenvalue weighted by atomic mass is 127. The number of rotatable bonds is 12. The summed E-state index contributed by atoms with van der Waals surface area (Å²) >= 11 is 1.70. The molecule has 1 aromatic heterocycles. The third kappa shape index (κ3) is 7.98. The van der Waals surface area contributed by atoms with E-state index in [0.29, 0.717) is 0 Å². The Morgan fingerprint density at radius 2 is 1.10 bits per heavy atom. The molecule has 0 bridgehead atoms. The van der Waals surface area contributed by atoms with Crippen molar-refractivity contribution in [2.24, 2.45) is 0 Å². The number of nitrogens with zero attached hydrogens (tertiary/aromatic N) is 1. The number of aromatic nitrogens is 1. The molecule has 256 valence electrons. The van der Waals surface area contributed by atoms with Crippen molar-refractivity contribution in [1.29, 1.82) is 0 Å². The Morgan fingerprint density at radius 1 is 0.700 bits per heavy atom. The summed E-state index contributed by atoms with van der Waals surface area (Å²) in [6.07, 6.45) is 3.96. The number of thiazole rings is 1. The lowest BCUT2D eigenvalue weighted by molar-refractivity contribution is -0.0000107. The Balaban J connectivity index is 0.00000486. The average molecular weight is 824 g/mol. The van der Waals surface area contributed by atoms with Gasteiger partial charge in [0.2, 0.25) is 0 Å². The van der Waals surface area contributed by atoms with Crippen molar-refractivity contribution in [3.63, 3.8) is 0 Å². The minimum atomic E-state index is -2.87. The number of halogens is 1. The van der Waals surface area contributed by atoms with Gasteiger partial charge in [0, 0.05) is 11.8 Å². The Kier molecular flexibility index (Phi) is 12.8. The fourth-order valence-corrected chi connectivity index (χ4v) is 16.9. The molecule has 50 heavy (non-hydrogen) atoms. The van der Waals surface area contributed by atoms with Crippen LogP contribution in [0.3, 0.4) is 0 Å². The maximum atomic E-state index is 7.98. The molecule has 1 atom stereocenters. The number of aryl methyl sites for hydroxylation is 1. The van der Waals surface area contributed by atoms with Gasteiger partial charge in [-0.15, -0.1) is 11.3 Å². The number of hydrogen-bond acceptors (Lipinski definition) is 3. The molecule has 0 N–H and O–H groups in total. The molecule has 0 aliphatic heterocycles. The quantitative estimate of drug-likeness (QED) is 0.0836. The van der Waals surface area contributed by atoms with Crippen LogP contribution in [0.2, 0.25) is 5.04 Å². The summed E-state index contributed by atoms with van der Waals surface area (Å²) in [5, 5.41) is 9.88. The van der Waals surface area contributed by atoms with E-state index in [1.54, 1.807) is 11.3 Å². The number of hydrogen-bond donors (Lipinski definition) is 0. The molecule has 0 saturated carbocycles. The van der Waals surface area contributed by atoms with Crippen LogP contribution in [0.25, 0.3) is 6.08 Å². The molecule has 5 aromatic carbocycles. The van der Waals surface area contributed by atoms with Crippen molar-refractivity contribution in [1.82, 2.24) is 4.98 Å². The van der Waals surface area contributed by atoms with Crippen molar-refractivity contribution in [2.45, 2.75) is 52.2 Å². The van der Waals surface area contributed by atoms with Crippen LogP contribution in [0.1, 0.15) is 44.8 Å². The van der Waals surface area contributed by atoms with E-state index < -0.39 is 15.6 Å². The molecule has 1 heterocycles. The highest BCUT2D eigenvalue weighted by Crippen LogP contribution is 2.56. The van der Waals surface area contributed by atoms with Crippen molar-refractivity contribution in [3.8, 4) is 0 Å². The molecular formula is C44H47INOPSSi. The van der Waals surface area contributed by atoms with Crippen LogP contribution in [-0.2, 0) is 4.43 Å². The van der Waals surface area contributed by atoms with Crippen molar-refractivity contribution in [3.05, 3.63) is 173 Å². The number of benzene rings is 5. The third-order valence-electron chi connectivity index (χ3n) is 9.57. The lowest BCUT2D eigenvalue weighted by Gasteiger charge is -2.45. The van der Waals surface area contributed by atoms with Gasteiger partial charge in [0.25, 0.3) is 8.32 Å². The first-order valence-electron chi connectivity index (χ1n) is 17.2. The second-order valence-electron chi connectivity index (χ2n) is 13.8. The van der Waals surface area contributed by atoms with Crippen LogP contribution in [-0.4, -0.2) is 25.6 Å². The molecule has 2 nitrogen and oxygen atoms in total. The van der Waals surface area contributed by atoms with Gasteiger partial charge in [0.1, 0.15) is 23.2 Å². The fraction of sp³-hybridized carbons (Fsp3) is 0.205. The van der Waals surface area contributed by atoms with Crippen LogP contribution in [0.4, 0.5) is 0 Å². The van der Waals surface area contributed by atoms with Gasteiger partial charge in [-0.2, -0.15) is 0 Å². The monoisotopic (exact) mass is 823 g/mol. The Labute approximate surface area is 322 Å². The van der Waals surface area contributed by atoms with E-state index in [1.807, 2.05) is 0 Å². The lowest BCUT2D eigenvalue weighted by atomic mass is 10.1. The SMILES string of the molecule is CC(=Cc1csc(C)n1)C(CC[P+](c1ccccc1)(c1ccccc1)c1ccccc1)O[Si](c1ccccc1)(c1ccccc1)C(C)(C)C.[I-]. The predicted molar refractivity (Wildman–Crippen MR) is 218 cm³/mol. The molecular weight excluding hydrogens is 777 g/mol. The van der Waals surface area contributed by atoms with E-state index in [0.717, 1.165) is 23.3 Å². The molecule has 6 heteroatoms. The predicted octanol–water partition coefficient (Wildman–Crippen LogP) is 6.19. The summed E-state index contributed by atoms with van der Waals surface area (Å²) in [7, 11) is -4.95. The van der Waals surface area contributed by atoms with E-state index in [2.05, 4.69) is 198 Å². The Bertz CT molecular complexity index is 1810. The summed E-state index contributed by atoms with van der Waals surface area (Å²) in [5.74, 6) is 0. The van der Waals surface area contributed by atoms with E-state index in [1.165, 1.54) is 31.9 Å². The van der Waals surface area contributed by atoms with Gasteiger partial charge in [0.15, 0.2) is 0 Å². The summed E-state index contributed by atoms with van der Waals surface area (Å²) in [5.41, 5.74) is 2.22. The van der Waals surface area contributed by atoms with Crippen LogP contribution in [0.15, 0.2) is 163 Å². The zero-order valence-corrected chi connectivity index (χ0v) is 34.5. The minimum absolute atomic E-state index is 0. The highest BCUT2D eigenvalue weighted by molar-refractivity contribution is 7.95. The smallest absolute Gasteiger partial charge is 0.261 e. The van der Waals surface area contributed by atoms with Gasteiger partial charge in [-0.25, -0.2) is 4.98 Å². The summed E-state index contributed by atoms with van der Waals surface area (Å²) < 4.78 is 7.98. The van der Waals surface area contributed by atoms with Gasteiger partial charge in [0.05, 0.1) is 23.0 Å². The van der Waals surface area contributed by atoms with Crippen LogP contribution in [0.5, 0.6) is 0 Å². The average Bonchev–Trinajstić information content (AvgIpc) is 3.55. The largest absolute Gasteiger partial charge is 1.00 e. The molecule has 0 fully saturated rings. The summed E-state index contributed by atoms with van der Waals surface area (Å²) in [4.78, 5) is 4.85. The molecule has 0 aliphatic rings. The molecule has 6 aromatic rings. The van der Waals surface area contributed by atoms with Crippen molar-refractivity contribution < 1.29 is 28.4 Å². The van der Waals surface area contributed by atoms with Gasteiger partial charge in [-0.3, -0.25) is 0 Å². The summed E-state index contributed by atoms with van der Waals surface area (Å²) in [6.45, 7) is 11.4. The molecule has 0 aliphatic carbocycles. The van der Waals surface area contributed by atoms with Gasteiger partial charge in [-0.05, 0) is 77.3 Å². The van der Waals surface area contributed by atoms with E-state index in [4.69, 9.17) is 9.41 Å². The topological polar surface area (TPSA) is 22.1 Å². The maximum Gasteiger partial charge on any atom is 0.261 e. The van der Waals surface area contributed by atoms with E-state index >= 15 is 0 Å². The summed E-state index contributed by atoms with van der Waals surface area (Å²) in [6, 6.07) is 55.7. The third-order valence-corrected chi connectivity index (χ3v) is 19.9. The van der Waals surface area contributed by atoms with Gasteiger partial charge < -0.3 is 28.4 Å². The molecule has 1 unspecified atom stereocenters. The van der Waals surface area contributed by atoms with Crippen molar-refractivity contribution >= 4 is 59.3 Å². The molecule has 0 amide bonds. The lowest BCUT2D eigenvalue weighted by Crippen LogP contribution is -3.00. The Hall–Kier alpha value is -3.19. The minimum Gasteiger partial charge on any atom is -1.00 e. The van der Waals surface area contributed by atoms with Gasteiger partial charge >= 0.3 is 0 Å². The van der Waals surface area contributed by atoms with Crippen LogP contribution < -0.4 is 50.3 Å².